The van der Waals surface area contributed by atoms with Crippen LogP contribution in [0, 0.1) is 0 Å². The molecule has 0 aliphatic heterocycles. The Morgan fingerprint density at radius 1 is 0.806 bits per heavy atom. The van der Waals surface area contributed by atoms with E-state index in [0.717, 1.165) is 19.3 Å². The van der Waals surface area contributed by atoms with Crippen LogP contribution >= 0.6 is 0 Å². The molecular weight excluding hydrogens is 402 g/mol. The first-order valence-corrected chi connectivity index (χ1v) is 11.8. The molecule has 31 heavy (non-hydrogen) atoms. The standard InChI is InChI=1S/C22H45N3O6/c1-2-3-4-5-6-7-8-9-10-11-21(29)23-20(25(13-16-27)14-17-28)18-24(12-15-26)19-22(30)31/h20,26-28H,2-19H2,1H3,(H,23,29)(H,30,31). The number of rotatable bonds is 22. The zero-order valence-electron chi connectivity index (χ0n) is 19.3. The number of hydrogen-bond donors (Lipinski definition) is 5. The van der Waals surface area contributed by atoms with Crippen LogP contribution in [0.2, 0.25) is 0 Å². The second kappa shape index (κ2) is 20.6. The molecule has 9 nitrogen and oxygen atoms in total. The average Bonchev–Trinajstić information content (AvgIpc) is 2.71. The molecule has 0 spiro atoms. The molecule has 0 saturated carbocycles. The van der Waals surface area contributed by atoms with E-state index in [9.17, 15) is 24.9 Å². The van der Waals surface area contributed by atoms with E-state index < -0.39 is 12.1 Å². The second-order valence-electron chi connectivity index (χ2n) is 8.00. The lowest BCUT2D eigenvalue weighted by Crippen LogP contribution is -2.56. The molecule has 0 aliphatic rings. The highest BCUT2D eigenvalue weighted by Gasteiger charge is 2.23. The first kappa shape index (κ1) is 29.7. The van der Waals surface area contributed by atoms with Crippen LogP contribution in [-0.2, 0) is 9.59 Å². The maximum atomic E-state index is 12.5. The van der Waals surface area contributed by atoms with Gasteiger partial charge in [-0.1, -0.05) is 58.3 Å². The van der Waals surface area contributed by atoms with Gasteiger partial charge in [0.1, 0.15) is 0 Å². The van der Waals surface area contributed by atoms with Crippen LogP contribution in [-0.4, -0.2) is 101 Å². The third-order valence-corrected chi connectivity index (χ3v) is 5.26. The predicted molar refractivity (Wildman–Crippen MR) is 121 cm³/mol. The van der Waals surface area contributed by atoms with Gasteiger partial charge in [0.25, 0.3) is 0 Å². The summed E-state index contributed by atoms with van der Waals surface area (Å²) >= 11 is 0. The molecular formula is C22H45N3O6. The quantitative estimate of drug-likeness (QED) is 0.123. The molecule has 0 bridgehead atoms. The van der Waals surface area contributed by atoms with Gasteiger partial charge in [0, 0.05) is 32.6 Å². The van der Waals surface area contributed by atoms with Crippen molar-refractivity contribution >= 4 is 11.9 Å². The molecule has 0 fully saturated rings. The van der Waals surface area contributed by atoms with Crippen LogP contribution in [0.1, 0.15) is 71.1 Å². The molecule has 0 rings (SSSR count). The van der Waals surface area contributed by atoms with Crippen molar-refractivity contribution in [2.24, 2.45) is 0 Å². The summed E-state index contributed by atoms with van der Waals surface area (Å²) < 4.78 is 0. The number of nitrogens with zero attached hydrogens (tertiary/aromatic N) is 2. The van der Waals surface area contributed by atoms with E-state index in [0.29, 0.717) is 6.42 Å². The molecule has 5 N–H and O–H groups in total. The van der Waals surface area contributed by atoms with Crippen LogP contribution in [0.3, 0.4) is 0 Å². The lowest BCUT2D eigenvalue weighted by molar-refractivity contribution is -0.138. The molecule has 1 atom stereocenters. The summed E-state index contributed by atoms with van der Waals surface area (Å²) in [6.07, 6.45) is 10.3. The number of amides is 1. The van der Waals surface area contributed by atoms with Gasteiger partial charge in [-0.15, -0.1) is 0 Å². The molecule has 0 aromatic carbocycles. The fourth-order valence-electron chi connectivity index (χ4n) is 3.60. The molecule has 0 aromatic rings. The van der Waals surface area contributed by atoms with Gasteiger partial charge in [0.2, 0.25) is 5.91 Å². The van der Waals surface area contributed by atoms with Crippen molar-refractivity contribution in [3.05, 3.63) is 0 Å². The number of aliphatic hydroxyl groups excluding tert-OH is 3. The van der Waals surface area contributed by atoms with Gasteiger partial charge in [0.15, 0.2) is 0 Å². The van der Waals surface area contributed by atoms with Gasteiger partial charge in [-0.2, -0.15) is 0 Å². The first-order valence-electron chi connectivity index (χ1n) is 11.8. The van der Waals surface area contributed by atoms with Crippen molar-refractivity contribution in [3.8, 4) is 0 Å². The minimum Gasteiger partial charge on any atom is -0.480 e. The third kappa shape index (κ3) is 17.0. The van der Waals surface area contributed by atoms with Gasteiger partial charge < -0.3 is 25.7 Å². The van der Waals surface area contributed by atoms with E-state index in [2.05, 4.69) is 12.2 Å². The minimum atomic E-state index is -1.02. The Labute approximate surface area is 187 Å². The van der Waals surface area contributed by atoms with Crippen LogP contribution in [0.5, 0.6) is 0 Å². The summed E-state index contributed by atoms with van der Waals surface area (Å²) in [7, 11) is 0. The lowest BCUT2D eigenvalue weighted by atomic mass is 10.1. The molecule has 0 aromatic heterocycles. The van der Waals surface area contributed by atoms with Crippen molar-refractivity contribution in [3.63, 3.8) is 0 Å². The van der Waals surface area contributed by atoms with Crippen molar-refractivity contribution in [1.29, 1.82) is 0 Å². The van der Waals surface area contributed by atoms with E-state index in [1.807, 2.05) is 0 Å². The fourth-order valence-corrected chi connectivity index (χ4v) is 3.60. The van der Waals surface area contributed by atoms with Crippen molar-refractivity contribution in [1.82, 2.24) is 15.1 Å². The maximum absolute atomic E-state index is 12.5. The zero-order valence-corrected chi connectivity index (χ0v) is 19.3. The second-order valence-corrected chi connectivity index (χ2v) is 8.00. The number of aliphatic hydroxyl groups is 3. The van der Waals surface area contributed by atoms with Gasteiger partial charge >= 0.3 is 5.97 Å². The highest BCUT2D eigenvalue weighted by atomic mass is 16.4. The Balaban J connectivity index is 4.58. The summed E-state index contributed by atoms with van der Waals surface area (Å²) in [5.74, 6) is -1.16. The molecule has 1 unspecified atom stereocenters. The lowest BCUT2D eigenvalue weighted by Gasteiger charge is -2.35. The topological polar surface area (TPSA) is 134 Å². The summed E-state index contributed by atoms with van der Waals surface area (Å²) in [6, 6.07) is 0. The zero-order chi connectivity index (χ0) is 23.3. The van der Waals surface area contributed by atoms with E-state index >= 15 is 0 Å². The third-order valence-electron chi connectivity index (χ3n) is 5.26. The number of carboxylic acid groups (broad SMARTS) is 1. The monoisotopic (exact) mass is 447 g/mol. The largest absolute Gasteiger partial charge is 0.480 e. The summed E-state index contributed by atoms with van der Waals surface area (Å²) in [5.41, 5.74) is 0. The average molecular weight is 448 g/mol. The highest BCUT2D eigenvalue weighted by Crippen LogP contribution is 2.11. The Hall–Kier alpha value is -1.26. The van der Waals surface area contributed by atoms with Crippen molar-refractivity contribution in [2.45, 2.75) is 77.3 Å². The highest BCUT2D eigenvalue weighted by molar-refractivity contribution is 5.76. The maximum Gasteiger partial charge on any atom is 0.317 e. The summed E-state index contributed by atoms with van der Waals surface area (Å²) in [5, 5.41) is 39.9. The summed E-state index contributed by atoms with van der Waals surface area (Å²) in [4.78, 5) is 26.9. The van der Waals surface area contributed by atoms with E-state index in [1.165, 1.54) is 43.4 Å². The molecule has 0 radical (unpaired) electrons. The molecule has 0 saturated heterocycles. The van der Waals surface area contributed by atoms with Crippen LogP contribution < -0.4 is 5.32 Å². The first-order chi connectivity index (χ1) is 15.0. The van der Waals surface area contributed by atoms with Gasteiger partial charge in [-0.3, -0.25) is 19.4 Å². The van der Waals surface area contributed by atoms with E-state index in [1.54, 1.807) is 4.90 Å². The molecule has 0 heterocycles. The molecule has 184 valence electrons. The number of hydrogen-bond acceptors (Lipinski definition) is 7. The number of carbonyl (C=O) groups is 2. The van der Waals surface area contributed by atoms with Crippen molar-refractivity contribution in [2.75, 3.05) is 52.5 Å². The van der Waals surface area contributed by atoms with Crippen molar-refractivity contribution < 1.29 is 30.0 Å². The number of carbonyl (C=O) groups excluding carboxylic acids is 1. The van der Waals surface area contributed by atoms with Gasteiger partial charge in [-0.05, 0) is 6.42 Å². The van der Waals surface area contributed by atoms with Gasteiger partial charge in [0.05, 0.1) is 32.5 Å². The Morgan fingerprint density at radius 3 is 1.81 bits per heavy atom. The Morgan fingerprint density at radius 2 is 1.32 bits per heavy atom. The number of aliphatic carboxylic acids is 1. The van der Waals surface area contributed by atoms with E-state index in [4.69, 9.17) is 5.11 Å². The Bertz CT molecular complexity index is 447. The fraction of sp³-hybridized carbons (Fsp3) is 0.909. The SMILES string of the molecule is CCCCCCCCCCCC(=O)NC(CN(CCO)CC(=O)O)N(CCO)CCO. The van der Waals surface area contributed by atoms with E-state index in [-0.39, 0.29) is 58.5 Å². The van der Waals surface area contributed by atoms with Crippen LogP contribution in [0.4, 0.5) is 0 Å². The Kier molecular flexibility index (Phi) is 19.8. The number of carboxylic acids is 1. The van der Waals surface area contributed by atoms with Crippen LogP contribution in [0.15, 0.2) is 0 Å². The normalized spacial score (nSPS) is 12.5. The number of nitrogens with one attached hydrogen (secondary N) is 1. The summed E-state index contributed by atoms with van der Waals surface area (Å²) in [6.45, 7) is 2.25. The van der Waals surface area contributed by atoms with Crippen LogP contribution in [0.25, 0.3) is 0 Å². The van der Waals surface area contributed by atoms with Gasteiger partial charge in [-0.25, -0.2) is 0 Å². The predicted octanol–water partition coefficient (Wildman–Crippen LogP) is 1.02. The molecule has 0 aliphatic carbocycles. The number of unbranched alkanes of at least 4 members (excludes halogenated alkanes) is 8. The molecule has 9 heteroatoms. The smallest absolute Gasteiger partial charge is 0.317 e. The molecule has 1 amide bonds. The minimum absolute atomic E-state index is 0.131.